The van der Waals surface area contributed by atoms with Gasteiger partial charge >= 0.3 is 0 Å². The van der Waals surface area contributed by atoms with E-state index in [0.717, 1.165) is 74.1 Å². The summed E-state index contributed by atoms with van der Waals surface area (Å²) in [5.74, 6) is 2.45. The molecular weight excluding hydrogens is 521 g/mol. The van der Waals surface area contributed by atoms with E-state index in [2.05, 4.69) is 45.4 Å². The normalized spacial score (nSPS) is 18.2. The third kappa shape index (κ3) is 6.89. The van der Waals surface area contributed by atoms with E-state index in [0.29, 0.717) is 12.1 Å². The van der Waals surface area contributed by atoms with Gasteiger partial charge in [0.25, 0.3) is 0 Å². The van der Waals surface area contributed by atoms with Gasteiger partial charge in [-0.05, 0) is 32.8 Å². The van der Waals surface area contributed by atoms with Gasteiger partial charge in [-0.3, -0.25) is 9.89 Å². The lowest BCUT2D eigenvalue weighted by Crippen LogP contribution is -2.53. The van der Waals surface area contributed by atoms with Crippen LogP contribution >= 0.6 is 24.0 Å². The van der Waals surface area contributed by atoms with Gasteiger partial charge in [0.05, 0.1) is 33.0 Å². The summed E-state index contributed by atoms with van der Waals surface area (Å²) in [6.07, 6.45) is 1.93. The number of rotatable bonds is 9. The summed E-state index contributed by atoms with van der Waals surface area (Å²) < 4.78 is 16.4. The number of hydrogen-bond donors (Lipinski definition) is 3. The van der Waals surface area contributed by atoms with E-state index in [1.54, 1.807) is 14.2 Å². The molecule has 1 fully saturated rings. The summed E-state index contributed by atoms with van der Waals surface area (Å²) in [5.41, 5.74) is 2.21. The highest BCUT2D eigenvalue weighted by atomic mass is 127. The molecule has 2 atom stereocenters. The predicted molar refractivity (Wildman–Crippen MR) is 141 cm³/mol. The zero-order valence-electron chi connectivity index (χ0n) is 19.9. The Morgan fingerprint density at radius 1 is 1.28 bits per heavy atom. The van der Waals surface area contributed by atoms with Gasteiger partial charge in [0, 0.05) is 62.0 Å². The Bertz CT molecular complexity index is 873. The number of nitrogens with one attached hydrogen (secondary N) is 3. The molecule has 0 saturated carbocycles. The van der Waals surface area contributed by atoms with Crippen LogP contribution in [0.15, 0.2) is 23.2 Å². The van der Waals surface area contributed by atoms with Crippen molar-refractivity contribution >= 4 is 40.8 Å². The molecule has 1 aliphatic heterocycles. The first-order valence-corrected chi connectivity index (χ1v) is 11.1. The van der Waals surface area contributed by atoms with E-state index in [-0.39, 0.29) is 24.0 Å². The first-order valence-electron chi connectivity index (χ1n) is 11.1. The van der Waals surface area contributed by atoms with Crippen LogP contribution in [0.4, 0.5) is 0 Å². The molecule has 32 heavy (non-hydrogen) atoms. The first kappa shape index (κ1) is 26.5. The van der Waals surface area contributed by atoms with Crippen molar-refractivity contribution in [1.29, 1.82) is 0 Å². The summed E-state index contributed by atoms with van der Waals surface area (Å²) >= 11 is 0. The quantitative estimate of drug-likeness (QED) is 0.190. The summed E-state index contributed by atoms with van der Waals surface area (Å²) in [6, 6.07) is 6.95. The summed E-state index contributed by atoms with van der Waals surface area (Å²) in [6.45, 7) is 8.78. The Balaban J connectivity index is 0.00000363. The van der Waals surface area contributed by atoms with Gasteiger partial charge in [-0.1, -0.05) is 0 Å². The minimum atomic E-state index is 0. The van der Waals surface area contributed by atoms with Crippen molar-refractivity contribution in [3.8, 4) is 11.5 Å². The Hall–Kier alpha value is -1.72. The number of aliphatic imine (C=N–C) groups is 1. The summed E-state index contributed by atoms with van der Waals surface area (Å²) in [7, 11) is 5.16. The maximum Gasteiger partial charge on any atom is 0.191 e. The maximum absolute atomic E-state index is 5.54. The highest BCUT2D eigenvalue weighted by molar-refractivity contribution is 14.0. The van der Waals surface area contributed by atoms with Crippen LogP contribution in [0, 0.1) is 0 Å². The van der Waals surface area contributed by atoms with Gasteiger partial charge in [0.2, 0.25) is 0 Å². The fourth-order valence-corrected chi connectivity index (χ4v) is 4.12. The highest BCUT2D eigenvalue weighted by Crippen LogP contribution is 2.31. The van der Waals surface area contributed by atoms with Crippen molar-refractivity contribution in [3.63, 3.8) is 0 Å². The first-order chi connectivity index (χ1) is 15.0. The van der Waals surface area contributed by atoms with Crippen LogP contribution in [0.2, 0.25) is 0 Å². The van der Waals surface area contributed by atoms with Crippen LogP contribution in [0.3, 0.4) is 0 Å². The number of hydrogen-bond acceptors (Lipinski definition) is 5. The number of ether oxygens (including phenoxy) is 3. The average Bonchev–Trinajstić information content (AvgIpc) is 3.20. The van der Waals surface area contributed by atoms with E-state index >= 15 is 0 Å². The fraction of sp³-hybridized carbons (Fsp3) is 0.609. The molecule has 180 valence electrons. The average molecular weight is 559 g/mol. The molecule has 0 radical (unpaired) electrons. The Morgan fingerprint density at radius 2 is 2.09 bits per heavy atom. The lowest BCUT2D eigenvalue weighted by Gasteiger charge is -2.38. The second kappa shape index (κ2) is 13.1. The largest absolute Gasteiger partial charge is 0.497 e. The zero-order valence-corrected chi connectivity index (χ0v) is 22.2. The molecule has 0 aliphatic carbocycles. The van der Waals surface area contributed by atoms with Gasteiger partial charge < -0.3 is 29.8 Å². The summed E-state index contributed by atoms with van der Waals surface area (Å²) in [5, 5.41) is 7.95. The van der Waals surface area contributed by atoms with Crippen molar-refractivity contribution in [1.82, 2.24) is 20.5 Å². The van der Waals surface area contributed by atoms with E-state index < -0.39 is 0 Å². The molecule has 8 nitrogen and oxygen atoms in total. The van der Waals surface area contributed by atoms with E-state index in [4.69, 9.17) is 14.2 Å². The molecule has 0 bridgehead atoms. The lowest BCUT2D eigenvalue weighted by atomic mass is 10.2. The molecule has 1 aromatic carbocycles. The molecular formula is C23H38IN5O3. The maximum atomic E-state index is 5.54. The van der Waals surface area contributed by atoms with Gasteiger partial charge in [0.15, 0.2) is 5.96 Å². The van der Waals surface area contributed by atoms with E-state index in [1.807, 2.05) is 19.2 Å². The molecule has 3 N–H and O–H groups in total. The second-order valence-corrected chi connectivity index (χ2v) is 8.08. The predicted octanol–water partition coefficient (Wildman–Crippen LogP) is 3.01. The number of H-pyrrole nitrogens is 1. The molecule has 9 heteroatoms. The SMILES string of the molecule is CN=C(NCCCc1cc2c(OC)cc(OC)cc2[nH]1)NCC(C)N1CCOCC1C.I. The molecule has 3 rings (SSSR count). The number of morpholine rings is 1. The van der Waals surface area contributed by atoms with Crippen molar-refractivity contribution in [2.24, 2.45) is 4.99 Å². The van der Waals surface area contributed by atoms with Crippen LogP contribution in [-0.2, 0) is 11.2 Å². The van der Waals surface area contributed by atoms with Crippen LogP contribution in [-0.4, -0.2) is 82.0 Å². The van der Waals surface area contributed by atoms with Crippen LogP contribution in [0.5, 0.6) is 11.5 Å². The van der Waals surface area contributed by atoms with Crippen LogP contribution < -0.4 is 20.1 Å². The number of methoxy groups -OCH3 is 2. The summed E-state index contributed by atoms with van der Waals surface area (Å²) in [4.78, 5) is 10.3. The number of aromatic amines is 1. The minimum Gasteiger partial charge on any atom is -0.497 e. The van der Waals surface area contributed by atoms with Crippen molar-refractivity contribution in [2.45, 2.75) is 38.8 Å². The number of halogens is 1. The van der Waals surface area contributed by atoms with Crippen molar-refractivity contribution < 1.29 is 14.2 Å². The number of aromatic nitrogens is 1. The van der Waals surface area contributed by atoms with Crippen LogP contribution in [0.1, 0.15) is 26.0 Å². The number of nitrogens with zero attached hydrogens (tertiary/aromatic N) is 2. The molecule has 2 aromatic rings. The zero-order chi connectivity index (χ0) is 22.2. The Labute approximate surface area is 208 Å². The number of fused-ring (bicyclic) bond motifs is 1. The Morgan fingerprint density at radius 3 is 2.78 bits per heavy atom. The van der Waals surface area contributed by atoms with Gasteiger partial charge in [-0.15, -0.1) is 24.0 Å². The van der Waals surface area contributed by atoms with Crippen molar-refractivity contribution in [2.75, 3.05) is 54.1 Å². The van der Waals surface area contributed by atoms with E-state index in [1.165, 1.54) is 5.69 Å². The van der Waals surface area contributed by atoms with Gasteiger partial charge in [-0.25, -0.2) is 0 Å². The monoisotopic (exact) mass is 559 g/mol. The Kier molecular flexibility index (Phi) is 10.9. The molecule has 2 heterocycles. The minimum absolute atomic E-state index is 0. The third-order valence-corrected chi connectivity index (χ3v) is 5.87. The van der Waals surface area contributed by atoms with Gasteiger partial charge in [-0.2, -0.15) is 0 Å². The van der Waals surface area contributed by atoms with Crippen LogP contribution in [0.25, 0.3) is 10.9 Å². The number of benzene rings is 1. The molecule has 0 spiro atoms. The van der Waals surface area contributed by atoms with E-state index in [9.17, 15) is 0 Å². The number of guanidine groups is 1. The lowest BCUT2D eigenvalue weighted by molar-refractivity contribution is -0.0174. The fourth-order valence-electron chi connectivity index (χ4n) is 4.12. The second-order valence-electron chi connectivity index (χ2n) is 8.08. The smallest absolute Gasteiger partial charge is 0.191 e. The topological polar surface area (TPSA) is 83.1 Å². The van der Waals surface area contributed by atoms with Crippen molar-refractivity contribution in [3.05, 3.63) is 23.9 Å². The molecule has 1 saturated heterocycles. The highest BCUT2D eigenvalue weighted by Gasteiger charge is 2.23. The molecule has 2 unspecified atom stereocenters. The standard InChI is InChI=1S/C23H37N5O3.HI/c1-16(28-9-10-31-15-17(28)2)14-26-23(24-3)25-8-6-7-18-11-20-21(27-18)12-19(29-4)13-22(20)30-5;/h11-13,16-17,27H,6-10,14-15H2,1-5H3,(H2,24,25,26);1H. The molecule has 0 amide bonds. The molecule has 1 aromatic heterocycles. The molecule has 1 aliphatic rings. The number of aryl methyl sites for hydroxylation is 1. The van der Waals surface area contributed by atoms with Gasteiger partial charge in [0.1, 0.15) is 11.5 Å². The third-order valence-electron chi connectivity index (χ3n) is 5.87.